The van der Waals surface area contributed by atoms with Gasteiger partial charge >= 0.3 is 5.97 Å². The molecule has 18 nitrogen and oxygen atoms in total. The number of ether oxygens (including phenoxy) is 1. The maximum atomic E-state index is 12.6. The van der Waals surface area contributed by atoms with E-state index < -0.39 is 34.5 Å². The minimum atomic E-state index is -0.619. The number of H-pyrrole nitrogens is 3. The monoisotopic (exact) mass is 1170 g/mol. The summed E-state index contributed by atoms with van der Waals surface area (Å²) < 4.78 is 5.56. The average molecular weight is 1170 g/mol. The zero-order chi connectivity index (χ0) is 52.2. The van der Waals surface area contributed by atoms with E-state index in [0.29, 0.717) is 54.5 Å². The summed E-state index contributed by atoms with van der Waals surface area (Å²) in [5, 5.41) is 39.6. The third-order valence-corrected chi connectivity index (χ3v) is 12.1. The van der Waals surface area contributed by atoms with Crippen LogP contribution in [0.4, 0.5) is 0 Å². The lowest BCUT2D eigenvalue weighted by Gasteiger charge is -2.06. The molecule has 6 aromatic carbocycles. The smallest absolute Gasteiger partial charge is 0.337 e. The van der Waals surface area contributed by atoms with Crippen LogP contribution in [0.25, 0.3) is 32.7 Å². The number of aromatic amines is 3. The molecular weight excluding hydrogens is 1130 g/mol. The SMILES string of the molecule is C.COC(=O)c1ccc2[nH]nc(C(=O)NCc3ccc(Cl)cc3)c(=O)c2c1.O=C(NCc1ccc(Cl)cc1)c1n[nH]c2ccc(CO)cc2c1=O.O=C(NCc1ccc(Cl)cc1)c1n[nH]c2ccc(I)cc2c1=O. The Morgan fingerprint density at radius 1 is 0.514 bits per heavy atom. The van der Waals surface area contributed by atoms with Crippen molar-refractivity contribution in [2.24, 2.45) is 0 Å². The van der Waals surface area contributed by atoms with E-state index in [9.17, 15) is 38.7 Å². The Morgan fingerprint density at radius 3 is 1.23 bits per heavy atom. The van der Waals surface area contributed by atoms with Crippen molar-refractivity contribution in [3.63, 3.8) is 0 Å². The second-order valence-electron chi connectivity index (χ2n) is 15.6. The van der Waals surface area contributed by atoms with Crippen LogP contribution in [0.15, 0.2) is 142 Å². The molecule has 0 saturated carbocycles. The van der Waals surface area contributed by atoms with Gasteiger partial charge in [-0.2, -0.15) is 15.3 Å². The van der Waals surface area contributed by atoms with Crippen molar-refractivity contribution in [2.75, 3.05) is 7.11 Å². The first-order valence-electron chi connectivity index (χ1n) is 21.6. The number of halogens is 4. The zero-order valence-electron chi connectivity index (χ0n) is 38.0. The van der Waals surface area contributed by atoms with E-state index in [1.165, 1.54) is 25.3 Å². The number of nitrogens with one attached hydrogen (secondary N) is 6. The second kappa shape index (κ2) is 25.7. The Bertz CT molecular complexity index is 3710. The molecule has 3 heterocycles. The van der Waals surface area contributed by atoms with Crippen molar-refractivity contribution in [3.8, 4) is 0 Å². The van der Waals surface area contributed by atoms with E-state index in [-0.39, 0.29) is 60.6 Å². The predicted octanol–water partition coefficient (Wildman–Crippen LogP) is 8.04. The van der Waals surface area contributed by atoms with E-state index in [1.807, 2.05) is 18.2 Å². The molecule has 3 amide bonds. The molecule has 0 saturated heterocycles. The summed E-state index contributed by atoms with van der Waals surface area (Å²) in [4.78, 5) is 85.8. The largest absolute Gasteiger partial charge is 0.465 e. The fourth-order valence-electron chi connectivity index (χ4n) is 6.80. The average Bonchev–Trinajstić information content (AvgIpc) is 3.40. The molecule has 3 aromatic heterocycles. The summed E-state index contributed by atoms with van der Waals surface area (Å²) in [6, 6.07) is 35.7. The lowest BCUT2D eigenvalue weighted by atomic mass is 10.1. The Labute approximate surface area is 449 Å². The van der Waals surface area contributed by atoms with Gasteiger partial charge in [-0.25, -0.2) is 4.79 Å². The molecule has 0 fully saturated rings. The fraction of sp³-hybridized carbons (Fsp3) is 0.115. The van der Waals surface area contributed by atoms with E-state index >= 15 is 0 Å². The van der Waals surface area contributed by atoms with Gasteiger partial charge in [0.15, 0.2) is 17.1 Å². The Kier molecular flexibility index (Phi) is 19.3. The zero-order valence-corrected chi connectivity index (χ0v) is 42.4. The number of carbonyl (C=O) groups is 4. The number of amides is 3. The number of aromatic nitrogens is 6. The standard InChI is InChI=1S/C18H14ClN3O4.C17H14ClN3O3.C16H11ClIN3O2.CH4/c1-26-18(25)11-4-7-14-13(8-11)16(23)15(22-21-14)17(24)20-9-10-2-5-12(19)6-3-10;18-12-4-1-10(2-5-12)8-19-17(24)15-16(23)13-7-11(9-22)3-6-14(13)20-21-15;17-10-3-1-9(2-4-10)8-19-16(23)14-15(22)12-7-11(18)5-6-13(12)20-21-14;/h2-8H,9H2,1H3,(H,20,24)(H,21,23);1-7,22H,8-9H2,(H,19,24)(H,20,23);1-7H,8H2,(H,19,23)(H,20,22);1H4. The minimum absolute atomic E-state index is 0. The van der Waals surface area contributed by atoms with Gasteiger partial charge in [0.05, 0.1) is 46.6 Å². The number of aliphatic hydroxyl groups excluding tert-OH is 1. The van der Waals surface area contributed by atoms with Crippen LogP contribution in [0.3, 0.4) is 0 Å². The molecule has 7 N–H and O–H groups in total. The van der Waals surface area contributed by atoms with Crippen LogP contribution < -0.4 is 32.2 Å². The highest BCUT2D eigenvalue weighted by atomic mass is 127. The van der Waals surface area contributed by atoms with Crippen LogP contribution >= 0.6 is 57.4 Å². The molecule has 9 rings (SSSR count). The first-order chi connectivity index (χ1) is 35.1. The van der Waals surface area contributed by atoms with Gasteiger partial charge in [0.1, 0.15) is 0 Å². The van der Waals surface area contributed by atoms with Crippen LogP contribution in [0.2, 0.25) is 15.1 Å². The lowest BCUT2D eigenvalue weighted by Crippen LogP contribution is -2.30. The highest BCUT2D eigenvalue weighted by Crippen LogP contribution is 2.16. The summed E-state index contributed by atoms with van der Waals surface area (Å²) in [7, 11) is 1.25. The first kappa shape index (κ1) is 55.5. The summed E-state index contributed by atoms with van der Waals surface area (Å²) in [5.41, 5.74) is 2.81. The molecule has 74 heavy (non-hydrogen) atoms. The molecule has 0 spiro atoms. The number of carbonyl (C=O) groups excluding carboxylic acids is 4. The molecule has 0 bridgehead atoms. The molecule has 0 atom stereocenters. The number of nitrogens with zero attached hydrogens (tertiary/aromatic N) is 3. The number of benzene rings is 6. The summed E-state index contributed by atoms with van der Waals surface area (Å²) >= 11 is 19.6. The summed E-state index contributed by atoms with van der Waals surface area (Å²) in [6.07, 6.45) is 0. The third kappa shape index (κ3) is 14.0. The normalized spacial score (nSPS) is 10.5. The third-order valence-electron chi connectivity index (χ3n) is 10.7. The Balaban J connectivity index is 0.000000180. The number of hydrogen-bond acceptors (Lipinski definition) is 12. The van der Waals surface area contributed by atoms with Gasteiger partial charge in [-0.3, -0.25) is 44.1 Å². The van der Waals surface area contributed by atoms with Gasteiger partial charge in [-0.05, 0) is 130 Å². The molecule has 9 aromatic rings. The van der Waals surface area contributed by atoms with Gasteiger partial charge in [0, 0.05) is 43.7 Å². The molecule has 0 aliphatic carbocycles. The minimum Gasteiger partial charge on any atom is -0.465 e. The van der Waals surface area contributed by atoms with E-state index in [4.69, 9.17) is 34.8 Å². The summed E-state index contributed by atoms with van der Waals surface area (Å²) in [6.45, 7) is 0.584. The number of aliphatic hydroxyl groups is 1. The van der Waals surface area contributed by atoms with Crippen molar-refractivity contribution in [1.82, 2.24) is 46.5 Å². The first-order valence-corrected chi connectivity index (χ1v) is 23.8. The molecular formula is C52H43Cl3IN9O9. The van der Waals surface area contributed by atoms with Gasteiger partial charge < -0.3 is 25.8 Å². The van der Waals surface area contributed by atoms with Crippen LogP contribution in [-0.2, 0) is 31.0 Å². The molecule has 22 heteroatoms. The van der Waals surface area contributed by atoms with Crippen molar-refractivity contribution in [2.45, 2.75) is 33.7 Å². The molecule has 378 valence electrons. The van der Waals surface area contributed by atoms with Crippen LogP contribution in [0.1, 0.15) is 71.5 Å². The van der Waals surface area contributed by atoms with Gasteiger partial charge in [-0.1, -0.05) is 84.7 Å². The predicted molar refractivity (Wildman–Crippen MR) is 292 cm³/mol. The lowest BCUT2D eigenvalue weighted by molar-refractivity contribution is 0.0600. The van der Waals surface area contributed by atoms with E-state index in [2.05, 4.69) is 73.9 Å². The van der Waals surface area contributed by atoms with Gasteiger partial charge in [0.2, 0.25) is 16.3 Å². The number of rotatable bonds is 11. The van der Waals surface area contributed by atoms with Gasteiger partial charge in [-0.15, -0.1) is 0 Å². The maximum Gasteiger partial charge on any atom is 0.337 e. The van der Waals surface area contributed by atoms with Crippen molar-refractivity contribution in [1.29, 1.82) is 0 Å². The molecule has 0 radical (unpaired) electrons. The summed E-state index contributed by atoms with van der Waals surface area (Å²) in [5.74, 6) is -2.27. The molecule has 0 aliphatic rings. The number of esters is 1. The fourth-order valence-corrected chi connectivity index (χ4v) is 7.67. The number of hydrogen-bond donors (Lipinski definition) is 7. The Morgan fingerprint density at radius 2 is 0.851 bits per heavy atom. The van der Waals surface area contributed by atoms with Crippen molar-refractivity contribution >= 4 is 114 Å². The van der Waals surface area contributed by atoms with Crippen molar-refractivity contribution in [3.05, 3.63) is 222 Å². The van der Waals surface area contributed by atoms with Crippen LogP contribution in [-0.4, -0.2) is 66.5 Å². The number of methoxy groups -OCH3 is 1. The molecule has 0 aliphatic heterocycles. The van der Waals surface area contributed by atoms with E-state index in [1.54, 1.807) is 91.0 Å². The maximum absolute atomic E-state index is 12.6. The van der Waals surface area contributed by atoms with Crippen molar-refractivity contribution < 1.29 is 29.0 Å². The Hall–Kier alpha value is -7.82. The topological polar surface area (TPSA) is 271 Å². The van der Waals surface area contributed by atoms with E-state index in [0.717, 1.165) is 20.3 Å². The van der Waals surface area contributed by atoms with Crippen LogP contribution in [0.5, 0.6) is 0 Å². The van der Waals surface area contributed by atoms with Gasteiger partial charge in [0.25, 0.3) is 17.7 Å². The highest BCUT2D eigenvalue weighted by molar-refractivity contribution is 14.1. The molecule has 0 unspecified atom stereocenters. The highest BCUT2D eigenvalue weighted by Gasteiger charge is 2.19. The van der Waals surface area contributed by atoms with Crippen LogP contribution in [0, 0.1) is 3.57 Å². The number of fused-ring (bicyclic) bond motifs is 3. The quantitative estimate of drug-likeness (QED) is 0.0479. The second-order valence-corrected chi connectivity index (χ2v) is 18.2.